The van der Waals surface area contributed by atoms with Crippen molar-refractivity contribution in [3.05, 3.63) is 39.9 Å². The molecule has 4 aliphatic carbocycles. The van der Waals surface area contributed by atoms with Crippen LogP contribution >= 0.6 is 22.9 Å². The quantitative estimate of drug-likeness (QED) is 0.466. The Bertz CT molecular complexity index is 1010. The average Bonchev–Trinajstić information content (AvgIpc) is 3.29. The number of benzene rings is 1. The number of halogens is 1. The van der Waals surface area contributed by atoms with E-state index in [9.17, 15) is 4.79 Å². The van der Waals surface area contributed by atoms with E-state index < -0.39 is 0 Å². The van der Waals surface area contributed by atoms with Gasteiger partial charge in [0.1, 0.15) is 10.8 Å². The number of ketones is 1. The zero-order valence-electron chi connectivity index (χ0n) is 17.9. The molecule has 0 saturated heterocycles. The van der Waals surface area contributed by atoms with Gasteiger partial charge in [-0.1, -0.05) is 37.6 Å². The van der Waals surface area contributed by atoms with Crippen LogP contribution in [0.4, 0.5) is 0 Å². The van der Waals surface area contributed by atoms with Gasteiger partial charge in [-0.2, -0.15) is 0 Å². The van der Waals surface area contributed by atoms with Crippen LogP contribution < -0.4 is 0 Å². The van der Waals surface area contributed by atoms with E-state index in [0.717, 1.165) is 47.5 Å². The lowest BCUT2D eigenvalue weighted by Crippen LogP contribution is -2.52. The zero-order valence-corrected chi connectivity index (χ0v) is 19.5. The molecule has 0 bridgehead atoms. The van der Waals surface area contributed by atoms with Crippen LogP contribution in [-0.4, -0.2) is 10.8 Å². The molecular formula is C26H30ClNOS. The molecule has 158 valence electrons. The van der Waals surface area contributed by atoms with Crippen LogP contribution in [0.5, 0.6) is 0 Å². The summed E-state index contributed by atoms with van der Waals surface area (Å²) in [6, 6.07) is 8.13. The number of carbonyl (C=O) groups is 1. The molecule has 1 heterocycles. The molecule has 0 spiro atoms. The van der Waals surface area contributed by atoms with E-state index >= 15 is 0 Å². The van der Waals surface area contributed by atoms with Gasteiger partial charge >= 0.3 is 0 Å². The summed E-state index contributed by atoms with van der Waals surface area (Å²) in [7, 11) is 0. The smallest absolute Gasteiger partial charge is 0.139 e. The third kappa shape index (κ3) is 2.60. The molecule has 0 N–H and O–H groups in total. The van der Waals surface area contributed by atoms with E-state index in [1.807, 2.05) is 23.5 Å². The fraction of sp³-hybridized carbons (Fsp3) is 0.615. The largest absolute Gasteiger partial charge is 0.299 e. The highest BCUT2D eigenvalue weighted by Crippen LogP contribution is 2.67. The summed E-state index contributed by atoms with van der Waals surface area (Å²) in [6.45, 7) is 4.87. The number of hydrogen-bond acceptors (Lipinski definition) is 3. The van der Waals surface area contributed by atoms with Crippen molar-refractivity contribution in [2.75, 3.05) is 0 Å². The third-order valence-corrected chi connectivity index (χ3v) is 11.1. The van der Waals surface area contributed by atoms with E-state index in [1.54, 1.807) is 4.88 Å². The first-order valence-electron chi connectivity index (χ1n) is 11.7. The van der Waals surface area contributed by atoms with Crippen LogP contribution in [0.15, 0.2) is 24.3 Å². The maximum Gasteiger partial charge on any atom is 0.139 e. The third-order valence-electron chi connectivity index (χ3n) is 9.61. The van der Waals surface area contributed by atoms with E-state index in [4.69, 9.17) is 16.6 Å². The van der Waals surface area contributed by atoms with Crippen LogP contribution in [0.3, 0.4) is 0 Å². The Balaban J connectivity index is 1.34. The summed E-state index contributed by atoms with van der Waals surface area (Å²) in [4.78, 5) is 19.3. The number of fused-ring (bicyclic) bond motifs is 7. The van der Waals surface area contributed by atoms with Crippen molar-refractivity contribution in [3.8, 4) is 10.6 Å². The van der Waals surface area contributed by atoms with Crippen molar-refractivity contribution in [3.63, 3.8) is 0 Å². The molecule has 3 fully saturated rings. The molecule has 1 aromatic heterocycles. The first-order chi connectivity index (χ1) is 14.4. The molecule has 1 aromatic carbocycles. The zero-order chi connectivity index (χ0) is 20.7. The second-order valence-corrected chi connectivity index (χ2v) is 12.2. The topological polar surface area (TPSA) is 30.0 Å². The Morgan fingerprint density at radius 1 is 1.00 bits per heavy atom. The highest BCUT2D eigenvalue weighted by Gasteiger charge is 2.60. The number of Topliss-reactive ketones (excluding diaryl/α,β-unsaturated/α-hetero) is 1. The summed E-state index contributed by atoms with van der Waals surface area (Å²) in [5.74, 6) is 3.35. The van der Waals surface area contributed by atoms with Gasteiger partial charge in [-0.15, -0.1) is 11.3 Å². The van der Waals surface area contributed by atoms with Crippen molar-refractivity contribution < 1.29 is 4.79 Å². The second kappa shape index (κ2) is 6.65. The first kappa shape index (κ1) is 19.5. The van der Waals surface area contributed by atoms with E-state index in [-0.39, 0.29) is 5.41 Å². The van der Waals surface area contributed by atoms with Crippen molar-refractivity contribution in [2.45, 2.75) is 71.1 Å². The van der Waals surface area contributed by atoms with Crippen molar-refractivity contribution in [1.82, 2.24) is 4.98 Å². The van der Waals surface area contributed by atoms with Gasteiger partial charge in [-0.25, -0.2) is 4.98 Å². The molecule has 2 aromatic rings. The SMILES string of the molecule is C[C@]12CCc3nc(-c4ccc(Cl)cc4)sc3C1CC[C@@H]1[C@@H]2CC[C@]2(C)C(=O)CC[C@@H]12. The monoisotopic (exact) mass is 439 g/mol. The van der Waals surface area contributed by atoms with Crippen molar-refractivity contribution in [1.29, 1.82) is 0 Å². The molecule has 6 rings (SSSR count). The van der Waals surface area contributed by atoms with Crippen LogP contribution in [0.1, 0.15) is 75.3 Å². The minimum atomic E-state index is -0.0174. The summed E-state index contributed by atoms with van der Waals surface area (Å²) < 4.78 is 0. The summed E-state index contributed by atoms with van der Waals surface area (Å²) in [5, 5.41) is 1.93. The number of rotatable bonds is 1. The minimum Gasteiger partial charge on any atom is -0.299 e. The van der Waals surface area contributed by atoms with Gasteiger partial charge in [0.05, 0.1) is 5.69 Å². The Labute approximate surface area is 188 Å². The van der Waals surface area contributed by atoms with E-state index in [1.165, 1.54) is 36.9 Å². The molecule has 0 radical (unpaired) electrons. The van der Waals surface area contributed by atoms with Crippen LogP contribution in [-0.2, 0) is 11.2 Å². The number of carbonyl (C=O) groups excluding carboxylic acids is 1. The van der Waals surface area contributed by atoms with Gasteiger partial charge in [0.15, 0.2) is 0 Å². The average molecular weight is 440 g/mol. The number of nitrogens with zero attached hydrogens (tertiary/aromatic N) is 1. The molecule has 1 unspecified atom stereocenters. The van der Waals surface area contributed by atoms with Crippen molar-refractivity contribution >= 4 is 28.7 Å². The number of hydrogen-bond donors (Lipinski definition) is 0. The highest BCUT2D eigenvalue weighted by atomic mass is 35.5. The van der Waals surface area contributed by atoms with Gasteiger partial charge in [0.2, 0.25) is 0 Å². The fourth-order valence-electron chi connectivity index (χ4n) is 7.94. The standard InChI is InChI=1S/C26H30ClNOS/c1-25-14-12-21-23(30-24(28-21)15-3-5-16(27)6-4-15)20(25)8-7-17-18-9-10-22(29)26(18,2)13-11-19(17)25/h3-6,17-20H,7-14H2,1-2H3/t17-,18-,19-,20?,25+,26-/m0/s1. The van der Waals surface area contributed by atoms with Gasteiger partial charge in [0.25, 0.3) is 0 Å². The lowest BCUT2D eigenvalue weighted by Gasteiger charge is -2.59. The number of thiazole rings is 1. The maximum atomic E-state index is 12.7. The molecule has 3 saturated carbocycles. The molecule has 6 atom stereocenters. The molecule has 0 amide bonds. The van der Waals surface area contributed by atoms with Crippen LogP contribution in [0, 0.1) is 28.6 Å². The Morgan fingerprint density at radius 2 is 1.80 bits per heavy atom. The molecule has 4 aliphatic rings. The van der Waals surface area contributed by atoms with Crippen LogP contribution in [0.25, 0.3) is 10.6 Å². The van der Waals surface area contributed by atoms with Gasteiger partial charge in [0, 0.05) is 33.2 Å². The maximum absolute atomic E-state index is 12.7. The second-order valence-electron chi connectivity index (χ2n) is 10.8. The van der Waals surface area contributed by atoms with Crippen LogP contribution in [0.2, 0.25) is 5.02 Å². The molecule has 4 heteroatoms. The number of aromatic nitrogens is 1. The summed E-state index contributed by atoms with van der Waals surface area (Å²) in [6.07, 6.45) is 9.27. The molecule has 2 nitrogen and oxygen atoms in total. The number of aryl methyl sites for hydroxylation is 1. The lowest BCUT2D eigenvalue weighted by atomic mass is 9.46. The summed E-state index contributed by atoms with van der Waals surface area (Å²) >= 11 is 8.02. The lowest BCUT2D eigenvalue weighted by molar-refractivity contribution is -0.134. The molecular weight excluding hydrogens is 410 g/mol. The van der Waals surface area contributed by atoms with Gasteiger partial charge < -0.3 is 0 Å². The predicted octanol–water partition coefficient (Wildman–Crippen LogP) is 7.31. The minimum absolute atomic E-state index is 0.0174. The van der Waals surface area contributed by atoms with Gasteiger partial charge in [-0.3, -0.25) is 4.79 Å². The Morgan fingerprint density at radius 3 is 2.60 bits per heavy atom. The normalized spacial score (nSPS) is 39.8. The highest BCUT2D eigenvalue weighted by molar-refractivity contribution is 7.15. The van der Waals surface area contributed by atoms with E-state index in [2.05, 4.69) is 26.0 Å². The fourth-order valence-corrected chi connectivity index (χ4v) is 9.47. The summed E-state index contributed by atoms with van der Waals surface area (Å²) in [5.41, 5.74) is 2.89. The Kier molecular flexibility index (Phi) is 4.32. The predicted molar refractivity (Wildman–Crippen MR) is 123 cm³/mol. The van der Waals surface area contributed by atoms with Gasteiger partial charge in [-0.05, 0) is 80.2 Å². The molecule has 0 aliphatic heterocycles. The Hall–Kier alpha value is -1.19. The van der Waals surface area contributed by atoms with E-state index in [0.29, 0.717) is 23.0 Å². The molecule has 30 heavy (non-hydrogen) atoms. The first-order valence-corrected chi connectivity index (χ1v) is 12.9. The van der Waals surface area contributed by atoms with Crippen molar-refractivity contribution in [2.24, 2.45) is 28.6 Å².